The molecule has 2 fully saturated rings. The highest BCUT2D eigenvalue weighted by Crippen LogP contribution is 2.38. The molecule has 3 unspecified atom stereocenters. The number of sulfonamides is 2. The number of piperidine rings is 1. The average Bonchev–Trinajstić information content (AvgIpc) is 2.82. The first-order chi connectivity index (χ1) is 18.4. The van der Waals surface area contributed by atoms with E-state index in [1.807, 2.05) is 0 Å². The van der Waals surface area contributed by atoms with Crippen LogP contribution in [0.15, 0.2) is 51.8 Å². The van der Waals surface area contributed by atoms with Crippen molar-refractivity contribution < 1.29 is 30.8 Å². The molecule has 0 spiro atoms. The molecule has 2 heterocycles. The Morgan fingerprint density at radius 1 is 1.05 bits per heavy atom. The van der Waals surface area contributed by atoms with Crippen molar-refractivity contribution in [2.24, 2.45) is 16.2 Å². The van der Waals surface area contributed by atoms with Crippen LogP contribution in [0.25, 0.3) is 0 Å². The molecule has 2 aromatic carbocycles. The fourth-order valence-electron chi connectivity index (χ4n) is 5.65. The average molecular weight is 577 g/mol. The summed E-state index contributed by atoms with van der Waals surface area (Å²) >= 11 is 0. The molecule has 1 aliphatic carbocycles. The molecule has 1 saturated heterocycles. The van der Waals surface area contributed by atoms with Crippen LogP contribution < -0.4 is 10.0 Å². The van der Waals surface area contributed by atoms with Gasteiger partial charge in [0.25, 0.3) is 10.0 Å². The van der Waals surface area contributed by atoms with E-state index >= 15 is 0 Å². The third-order valence-corrected chi connectivity index (χ3v) is 9.33. The lowest BCUT2D eigenvalue weighted by Crippen LogP contribution is -2.60. The molecule has 1 saturated carbocycles. The van der Waals surface area contributed by atoms with Gasteiger partial charge in [-0.15, -0.1) is 4.40 Å². The second-order valence-electron chi connectivity index (χ2n) is 10.3. The third kappa shape index (κ3) is 5.69. The zero-order valence-electron chi connectivity index (χ0n) is 21.3. The minimum Gasteiger partial charge on any atom is -0.341 e. The molecule has 0 aromatic heterocycles. The lowest BCUT2D eigenvalue weighted by molar-refractivity contribution is -0.152. The summed E-state index contributed by atoms with van der Waals surface area (Å²) in [5, 5.41) is 2.86. The number of halogens is 1. The van der Waals surface area contributed by atoms with Crippen molar-refractivity contribution in [3.8, 4) is 0 Å². The number of hydrogen-bond acceptors (Lipinski definition) is 7. The van der Waals surface area contributed by atoms with Gasteiger partial charge in [-0.2, -0.15) is 8.42 Å². The summed E-state index contributed by atoms with van der Waals surface area (Å²) < 4.78 is 69.1. The predicted octanol–water partition coefficient (Wildman–Crippen LogP) is 3.28. The molecule has 208 valence electrons. The van der Waals surface area contributed by atoms with Gasteiger partial charge in [0.05, 0.1) is 11.9 Å². The van der Waals surface area contributed by atoms with Crippen LogP contribution in [0.5, 0.6) is 0 Å². The number of amides is 1. The van der Waals surface area contributed by atoms with Crippen molar-refractivity contribution in [2.45, 2.75) is 56.0 Å². The van der Waals surface area contributed by atoms with Crippen molar-refractivity contribution in [1.29, 1.82) is 0 Å². The standard InChI is InChI=1S/C26H29FN4O6S2/c1-38(34,35)29-18-12-13-20-22(14-18)39(36,37)30-25(28-20)23-24(32)19-6-4-2-3-5-7-21(19)31(26(23)33)15-16-8-10-17(27)11-9-16/h8-14,19,21,23,29H,2-7,15H2,1H3,(H,28,30). The van der Waals surface area contributed by atoms with Gasteiger partial charge in [-0.25, -0.2) is 12.8 Å². The van der Waals surface area contributed by atoms with E-state index in [9.17, 15) is 30.8 Å². The van der Waals surface area contributed by atoms with Gasteiger partial charge in [0.2, 0.25) is 15.9 Å². The highest BCUT2D eigenvalue weighted by atomic mass is 32.2. The Morgan fingerprint density at radius 2 is 1.74 bits per heavy atom. The molecular formula is C26H29FN4O6S2. The van der Waals surface area contributed by atoms with Crippen LogP contribution in [-0.2, 0) is 36.2 Å². The fourth-order valence-corrected chi connectivity index (χ4v) is 7.39. The van der Waals surface area contributed by atoms with Crippen molar-refractivity contribution in [2.75, 3.05) is 16.3 Å². The number of rotatable bonds is 5. The van der Waals surface area contributed by atoms with Crippen LogP contribution >= 0.6 is 0 Å². The summed E-state index contributed by atoms with van der Waals surface area (Å²) in [7, 11) is -8.01. The van der Waals surface area contributed by atoms with E-state index in [0.29, 0.717) is 18.4 Å². The number of carbonyl (C=O) groups excluding carboxylic acids is 2. The van der Waals surface area contributed by atoms with Crippen LogP contribution in [-0.4, -0.2) is 51.6 Å². The Morgan fingerprint density at radius 3 is 2.44 bits per heavy atom. The van der Waals surface area contributed by atoms with Gasteiger partial charge in [0, 0.05) is 24.2 Å². The van der Waals surface area contributed by atoms with Crippen molar-refractivity contribution in [1.82, 2.24) is 4.90 Å². The van der Waals surface area contributed by atoms with E-state index < -0.39 is 43.6 Å². The lowest BCUT2D eigenvalue weighted by atomic mass is 9.74. The first-order valence-electron chi connectivity index (χ1n) is 12.8. The minimum absolute atomic E-state index is 0.0351. The van der Waals surface area contributed by atoms with Gasteiger partial charge in [-0.3, -0.25) is 14.3 Å². The molecule has 10 nitrogen and oxygen atoms in total. The summed E-state index contributed by atoms with van der Waals surface area (Å²) in [6, 6.07) is 9.33. The summed E-state index contributed by atoms with van der Waals surface area (Å²) in [6.45, 7) is 0.154. The maximum Gasteiger partial charge on any atom is 0.286 e. The SMILES string of the molecule is CS(=O)(=O)Nc1ccc2c(c1)S(=O)(=O)N=C(C1C(=O)C3CCCCCCC3N(Cc3ccc(F)cc3)C1=O)N2. The molecule has 3 aliphatic rings. The third-order valence-electron chi connectivity index (χ3n) is 7.39. The van der Waals surface area contributed by atoms with Crippen LogP contribution in [0.4, 0.5) is 15.8 Å². The van der Waals surface area contributed by atoms with Gasteiger partial charge < -0.3 is 10.2 Å². The highest BCUT2D eigenvalue weighted by Gasteiger charge is 2.50. The van der Waals surface area contributed by atoms with Gasteiger partial charge in [-0.05, 0) is 48.7 Å². The van der Waals surface area contributed by atoms with Gasteiger partial charge in [-0.1, -0.05) is 37.8 Å². The number of carbonyl (C=O) groups is 2. The Bertz CT molecular complexity index is 1560. The number of anilines is 2. The zero-order chi connectivity index (χ0) is 27.9. The molecule has 0 bridgehead atoms. The quantitative estimate of drug-likeness (QED) is 0.520. The molecule has 1 amide bonds. The maximum absolute atomic E-state index is 13.9. The van der Waals surface area contributed by atoms with Gasteiger partial charge in [0.15, 0.2) is 11.7 Å². The number of hydrogen-bond donors (Lipinski definition) is 2. The first kappa shape index (κ1) is 27.3. The van der Waals surface area contributed by atoms with Gasteiger partial charge >= 0.3 is 0 Å². The van der Waals surface area contributed by atoms with Crippen molar-refractivity contribution in [3.05, 3.63) is 53.8 Å². The molecule has 13 heteroatoms. The predicted molar refractivity (Wildman–Crippen MR) is 144 cm³/mol. The normalized spacial score (nSPS) is 24.9. The second-order valence-corrected chi connectivity index (χ2v) is 13.6. The minimum atomic E-state index is -4.36. The molecule has 0 radical (unpaired) electrons. The summed E-state index contributed by atoms with van der Waals surface area (Å²) in [5.74, 6) is -3.51. The molecule has 3 atom stereocenters. The van der Waals surface area contributed by atoms with Gasteiger partial charge in [0.1, 0.15) is 16.5 Å². The van der Waals surface area contributed by atoms with E-state index in [2.05, 4.69) is 14.4 Å². The summed E-state index contributed by atoms with van der Waals surface area (Å²) in [5.41, 5.74) is 0.818. The highest BCUT2D eigenvalue weighted by molar-refractivity contribution is 7.92. The van der Waals surface area contributed by atoms with Crippen LogP contribution in [0, 0.1) is 17.7 Å². The smallest absolute Gasteiger partial charge is 0.286 e. The van der Waals surface area contributed by atoms with Crippen LogP contribution in [0.2, 0.25) is 0 Å². The number of ketones is 1. The number of likely N-dealkylation sites (tertiary alicyclic amines) is 1. The van der Waals surface area contributed by atoms with E-state index in [4.69, 9.17) is 0 Å². The fraction of sp³-hybridized carbons (Fsp3) is 0.423. The van der Waals surface area contributed by atoms with E-state index in [0.717, 1.165) is 38.0 Å². The number of nitrogens with zero attached hydrogens (tertiary/aromatic N) is 2. The molecule has 5 rings (SSSR count). The lowest BCUT2D eigenvalue weighted by Gasteiger charge is -2.45. The van der Waals surface area contributed by atoms with Crippen LogP contribution in [0.3, 0.4) is 0 Å². The first-order valence-corrected chi connectivity index (χ1v) is 16.1. The Balaban J connectivity index is 1.52. The number of fused-ring (bicyclic) bond motifs is 2. The Kier molecular flexibility index (Phi) is 7.23. The zero-order valence-corrected chi connectivity index (χ0v) is 22.9. The molecule has 2 aliphatic heterocycles. The monoisotopic (exact) mass is 576 g/mol. The van der Waals surface area contributed by atoms with Crippen LogP contribution in [0.1, 0.15) is 44.1 Å². The van der Waals surface area contributed by atoms with E-state index in [1.165, 1.54) is 24.3 Å². The summed E-state index contributed by atoms with van der Waals surface area (Å²) in [6.07, 6.45) is 5.80. The Labute approximate surface area is 226 Å². The number of Topliss-reactive ketones (excluding diaryl/α,β-unsaturated/α-hetero) is 1. The molecule has 39 heavy (non-hydrogen) atoms. The number of nitrogens with one attached hydrogen (secondary N) is 2. The molecule has 2 N–H and O–H groups in total. The second kappa shape index (κ2) is 10.3. The maximum atomic E-state index is 13.9. The topological polar surface area (TPSA) is 142 Å². The van der Waals surface area contributed by atoms with Crippen molar-refractivity contribution in [3.63, 3.8) is 0 Å². The van der Waals surface area contributed by atoms with Crippen molar-refractivity contribution >= 4 is 48.9 Å². The summed E-state index contributed by atoms with van der Waals surface area (Å²) in [4.78, 5) is 29.1. The molecule has 2 aromatic rings. The Hall–Kier alpha value is -3.32. The number of amidine groups is 1. The van der Waals surface area contributed by atoms with E-state index in [1.54, 1.807) is 17.0 Å². The largest absolute Gasteiger partial charge is 0.341 e. The molecular weight excluding hydrogens is 547 g/mol. The van der Waals surface area contributed by atoms with E-state index in [-0.39, 0.29) is 40.5 Å². The number of benzene rings is 2.